The molecule has 0 atom stereocenters. The molecule has 0 spiro atoms. The van der Waals surface area contributed by atoms with Crippen LogP contribution in [0.2, 0.25) is 0 Å². The highest BCUT2D eigenvalue weighted by molar-refractivity contribution is 5.88. The second kappa shape index (κ2) is 6.52. The molecule has 1 aliphatic carbocycles. The number of carbonyl (C=O) groups is 1. The summed E-state index contributed by atoms with van der Waals surface area (Å²) in [6.07, 6.45) is 7.31. The second-order valence-corrected chi connectivity index (χ2v) is 4.92. The summed E-state index contributed by atoms with van der Waals surface area (Å²) in [7, 11) is 0. The third kappa shape index (κ3) is 3.44. The Labute approximate surface area is 112 Å². The molecule has 0 aromatic carbocycles. The van der Waals surface area contributed by atoms with Crippen molar-refractivity contribution in [3.05, 3.63) is 23.9 Å². The molecule has 1 aromatic rings. The molecule has 0 radical (unpaired) electrons. The Hall–Kier alpha value is -1.62. The van der Waals surface area contributed by atoms with Crippen LogP contribution in [0.25, 0.3) is 0 Å². The van der Waals surface area contributed by atoms with Crippen molar-refractivity contribution < 1.29 is 15.0 Å². The van der Waals surface area contributed by atoms with Crippen LogP contribution in [0, 0.1) is 0 Å². The number of rotatable bonds is 5. The number of aromatic nitrogens is 1. The molecule has 5 nitrogen and oxygen atoms in total. The van der Waals surface area contributed by atoms with E-state index in [0.717, 1.165) is 12.8 Å². The van der Waals surface area contributed by atoms with Gasteiger partial charge in [-0.1, -0.05) is 19.3 Å². The zero-order valence-electron chi connectivity index (χ0n) is 11.0. The Balaban J connectivity index is 2.22. The third-order valence-electron chi connectivity index (χ3n) is 3.64. The van der Waals surface area contributed by atoms with Gasteiger partial charge in [0.05, 0.1) is 12.2 Å². The first-order chi connectivity index (χ1) is 9.22. The first kappa shape index (κ1) is 13.8. The standard InChI is InChI=1S/C14H20N2O3/c17-9-8-16(12-4-2-1-3-5-12)13-10-11(14(18)19)6-7-15-13/h6-7,10,12,17H,1-5,8-9H2,(H,18,19). The van der Waals surface area contributed by atoms with E-state index in [0.29, 0.717) is 18.4 Å². The summed E-state index contributed by atoms with van der Waals surface area (Å²) in [5.41, 5.74) is 0.240. The van der Waals surface area contributed by atoms with Gasteiger partial charge in [-0.05, 0) is 25.0 Å². The van der Waals surface area contributed by atoms with Crippen molar-refractivity contribution in [2.24, 2.45) is 0 Å². The molecule has 1 aromatic heterocycles. The van der Waals surface area contributed by atoms with Crippen LogP contribution in [0.5, 0.6) is 0 Å². The first-order valence-corrected chi connectivity index (χ1v) is 6.79. The summed E-state index contributed by atoms with van der Waals surface area (Å²) in [6.45, 7) is 0.552. The normalized spacial score (nSPS) is 16.3. The van der Waals surface area contributed by atoms with Crippen LogP contribution < -0.4 is 4.90 Å². The monoisotopic (exact) mass is 264 g/mol. The lowest BCUT2D eigenvalue weighted by atomic mass is 9.94. The predicted molar refractivity (Wildman–Crippen MR) is 72.5 cm³/mol. The zero-order valence-corrected chi connectivity index (χ0v) is 11.0. The molecule has 0 saturated heterocycles. The van der Waals surface area contributed by atoms with E-state index in [-0.39, 0.29) is 12.2 Å². The molecule has 0 unspecified atom stereocenters. The van der Waals surface area contributed by atoms with Gasteiger partial charge < -0.3 is 15.1 Å². The van der Waals surface area contributed by atoms with Crippen molar-refractivity contribution in [2.75, 3.05) is 18.1 Å². The fourth-order valence-electron chi connectivity index (χ4n) is 2.69. The highest BCUT2D eigenvalue weighted by Crippen LogP contribution is 2.26. The van der Waals surface area contributed by atoms with Gasteiger partial charge in [0.1, 0.15) is 5.82 Å². The molecule has 104 valence electrons. The zero-order chi connectivity index (χ0) is 13.7. The maximum Gasteiger partial charge on any atom is 0.335 e. The number of aromatic carboxylic acids is 1. The average Bonchev–Trinajstić information content (AvgIpc) is 2.46. The summed E-state index contributed by atoms with van der Waals surface area (Å²) in [5, 5.41) is 18.3. The number of aliphatic hydroxyl groups is 1. The Morgan fingerprint density at radius 2 is 2.11 bits per heavy atom. The van der Waals surface area contributed by atoms with Crippen LogP contribution in [0.4, 0.5) is 5.82 Å². The van der Waals surface area contributed by atoms with Crippen molar-refractivity contribution in [3.8, 4) is 0 Å². The molecular weight excluding hydrogens is 244 g/mol. The van der Waals surface area contributed by atoms with Crippen LogP contribution in [0.15, 0.2) is 18.3 Å². The van der Waals surface area contributed by atoms with Gasteiger partial charge in [-0.3, -0.25) is 0 Å². The molecule has 1 aliphatic rings. The van der Waals surface area contributed by atoms with Gasteiger partial charge in [-0.15, -0.1) is 0 Å². The fraction of sp³-hybridized carbons (Fsp3) is 0.571. The summed E-state index contributed by atoms with van der Waals surface area (Å²) >= 11 is 0. The minimum atomic E-state index is -0.948. The summed E-state index contributed by atoms with van der Waals surface area (Å²) in [6, 6.07) is 3.44. The number of carboxylic acids is 1. The Morgan fingerprint density at radius 3 is 2.74 bits per heavy atom. The molecule has 1 heterocycles. The van der Waals surface area contributed by atoms with Crippen molar-refractivity contribution >= 4 is 11.8 Å². The molecule has 5 heteroatoms. The van der Waals surface area contributed by atoms with Crippen molar-refractivity contribution in [2.45, 2.75) is 38.1 Å². The number of hydrogen-bond donors (Lipinski definition) is 2. The molecule has 1 fully saturated rings. The van der Waals surface area contributed by atoms with E-state index in [1.54, 1.807) is 6.07 Å². The van der Waals surface area contributed by atoms with Crippen LogP contribution in [-0.2, 0) is 0 Å². The molecule has 2 rings (SSSR count). The highest BCUT2D eigenvalue weighted by atomic mass is 16.4. The third-order valence-corrected chi connectivity index (χ3v) is 3.64. The van der Waals surface area contributed by atoms with E-state index >= 15 is 0 Å². The maximum absolute atomic E-state index is 11.0. The van der Waals surface area contributed by atoms with E-state index < -0.39 is 5.97 Å². The van der Waals surface area contributed by atoms with E-state index in [9.17, 15) is 9.90 Å². The molecule has 19 heavy (non-hydrogen) atoms. The van der Waals surface area contributed by atoms with Crippen LogP contribution in [0.3, 0.4) is 0 Å². The van der Waals surface area contributed by atoms with Crippen molar-refractivity contribution in [3.63, 3.8) is 0 Å². The minimum absolute atomic E-state index is 0.0511. The van der Waals surface area contributed by atoms with E-state index in [4.69, 9.17) is 5.11 Å². The minimum Gasteiger partial charge on any atom is -0.478 e. The van der Waals surface area contributed by atoms with Crippen molar-refractivity contribution in [1.82, 2.24) is 4.98 Å². The Morgan fingerprint density at radius 1 is 1.37 bits per heavy atom. The van der Waals surface area contributed by atoms with Gasteiger partial charge >= 0.3 is 5.97 Å². The number of anilines is 1. The second-order valence-electron chi connectivity index (χ2n) is 4.92. The number of nitrogens with zero attached hydrogens (tertiary/aromatic N) is 2. The summed E-state index contributed by atoms with van der Waals surface area (Å²) in [4.78, 5) is 17.3. The topological polar surface area (TPSA) is 73.7 Å². The first-order valence-electron chi connectivity index (χ1n) is 6.79. The van der Waals surface area contributed by atoms with Crippen LogP contribution in [0.1, 0.15) is 42.5 Å². The SMILES string of the molecule is O=C(O)c1ccnc(N(CCO)C2CCCCC2)c1. The molecule has 0 amide bonds. The molecule has 2 N–H and O–H groups in total. The number of pyridine rings is 1. The van der Waals surface area contributed by atoms with Gasteiger partial charge in [0.2, 0.25) is 0 Å². The predicted octanol–water partition coefficient (Wildman–Crippen LogP) is 1.91. The molecule has 1 saturated carbocycles. The molecular formula is C14H20N2O3. The van der Waals surface area contributed by atoms with E-state index in [1.807, 2.05) is 4.90 Å². The lowest BCUT2D eigenvalue weighted by molar-refractivity contribution is 0.0696. The van der Waals surface area contributed by atoms with Gasteiger partial charge in [0.25, 0.3) is 0 Å². The summed E-state index contributed by atoms with van der Waals surface area (Å²) in [5.74, 6) is -0.294. The van der Waals surface area contributed by atoms with Crippen molar-refractivity contribution in [1.29, 1.82) is 0 Å². The molecule has 0 aliphatic heterocycles. The Kier molecular flexibility index (Phi) is 4.74. The lowest BCUT2D eigenvalue weighted by Crippen LogP contribution is -2.39. The Bertz CT molecular complexity index is 430. The van der Waals surface area contributed by atoms with Gasteiger partial charge in [0.15, 0.2) is 0 Å². The highest BCUT2D eigenvalue weighted by Gasteiger charge is 2.22. The average molecular weight is 264 g/mol. The summed E-state index contributed by atoms with van der Waals surface area (Å²) < 4.78 is 0. The quantitative estimate of drug-likeness (QED) is 0.849. The van der Waals surface area contributed by atoms with Gasteiger partial charge in [0, 0.05) is 18.8 Å². The smallest absolute Gasteiger partial charge is 0.335 e. The lowest BCUT2D eigenvalue weighted by Gasteiger charge is -2.35. The van der Waals surface area contributed by atoms with Crippen LogP contribution >= 0.6 is 0 Å². The number of hydrogen-bond acceptors (Lipinski definition) is 4. The van der Waals surface area contributed by atoms with E-state index in [2.05, 4.69) is 4.98 Å². The van der Waals surface area contributed by atoms with Gasteiger partial charge in [-0.25, -0.2) is 9.78 Å². The van der Waals surface area contributed by atoms with Gasteiger partial charge in [-0.2, -0.15) is 0 Å². The van der Waals surface area contributed by atoms with Crippen LogP contribution in [-0.4, -0.2) is 40.4 Å². The maximum atomic E-state index is 11.0. The number of aliphatic hydroxyl groups excluding tert-OH is 1. The largest absolute Gasteiger partial charge is 0.478 e. The number of carboxylic acid groups (broad SMARTS) is 1. The molecule has 0 bridgehead atoms. The van der Waals surface area contributed by atoms with E-state index in [1.165, 1.54) is 31.5 Å². The fourth-order valence-corrected chi connectivity index (χ4v) is 2.69.